The van der Waals surface area contributed by atoms with Gasteiger partial charge in [-0.05, 0) is 23.5 Å². The Morgan fingerprint density at radius 3 is 2.72 bits per heavy atom. The van der Waals surface area contributed by atoms with Crippen LogP contribution in [0.1, 0.15) is 25.0 Å². The van der Waals surface area contributed by atoms with Crippen LogP contribution in [-0.2, 0) is 17.8 Å². The number of aliphatic carboxylic acids is 1. The van der Waals surface area contributed by atoms with Crippen LogP contribution in [0.15, 0.2) is 24.3 Å². The highest BCUT2D eigenvalue weighted by molar-refractivity contribution is 5.71. The fourth-order valence-electron chi connectivity index (χ4n) is 2.72. The summed E-state index contributed by atoms with van der Waals surface area (Å²) in [6.45, 7) is 6.60. The van der Waals surface area contributed by atoms with Gasteiger partial charge in [-0.1, -0.05) is 38.1 Å². The lowest BCUT2D eigenvalue weighted by atomic mass is 9.99. The van der Waals surface area contributed by atoms with Gasteiger partial charge in [0.2, 0.25) is 0 Å². The van der Waals surface area contributed by atoms with E-state index >= 15 is 0 Å². The minimum absolute atomic E-state index is 0.209. The van der Waals surface area contributed by atoms with Crippen LogP contribution in [0.3, 0.4) is 0 Å². The number of hydrogen-bond acceptors (Lipinski definition) is 2. The van der Waals surface area contributed by atoms with Crippen LogP contribution >= 0.6 is 0 Å². The third-order valence-electron chi connectivity index (χ3n) is 3.81. The second kappa shape index (κ2) is 5.53. The van der Waals surface area contributed by atoms with Gasteiger partial charge in [0.15, 0.2) is 0 Å². The van der Waals surface area contributed by atoms with E-state index in [0.29, 0.717) is 6.54 Å². The van der Waals surface area contributed by atoms with Crippen molar-refractivity contribution in [2.75, 3.05) is 13.1 Å². The fourth-order valence-corrected chi connectivity index (χ4v) is 2.72. The molecule has 1 heterocycles. The zero-order valence-electron chi connectivity index (χ0n) is 11.1. The van der Waals surface area contributed by atoms with Gasteiger partial charge in [0, 0.05) is 19.6 Å². The molecule has 1 saturated heterocycles. The summed E-state index contributed by atoms with van der Waals surface area (Å²) in [5.74, 6) is -0.622. The van der Waals surface area contributed by atoms with E-state index in [9.17, 15) is 4.79 Å². The molecular weight excluding hydrogens is 226 g/mol. The number of benzene rings is 1. The van der Waals surface area contributed by atoms with E-state index in [1.807, 2.05) is 6.92 Å². The van der Waals surface area contributed by atoms with Gasteiger partial charge in [-0.15, -0.1) is 0 Å². The maximum atomic E-state index is 11.1. The van der Waals surface area contributed by atoms with Crippen molar-refractivity contribution in [3.05, 3.63) is 35.4 Å². The summed E-state index contributed by atoms with van der Waals surface area (Å²) in [4.78, 5) is 13.3. The van der Waals surface area contributed by atoms with E-state index in [4.69, 9.17) is 5.11 Å². The van der Waals surface area contributed by atoms with Crippen LogP contribution in [0, 0.1) is 11.8 Å². The van der Waals surface area contributed by atoms with Gasteiger partial charge >= 0.3 is 5.97 Å². The lowest BCUT2D eigenvalue weighted by molar-refractivity contribution is -0.142. The summed E-state index contributed by atoms with van der Waals surface area (Å²) in [7, 11) is 0. The molecule has 1 fully saturated rings. The molecule has 3 heteroatoms. The third-order valence-corrected chi connectivity index (χ3v) is 3.81. The topological polar surface area (TPSA) is 40.5 Å². The molecule has 0 radical (unpaired) electrons. The minimum atomic E-state index is -0.660. The molecular formula is C15H21NO2. The zero-order valence-corrected chi connectivity index (χ0v) is 11.1. The third kappa shape index (κ3) is 2.91. The number of hydrogen-bond donors (Lipinski definition) is 1. The van der Waals surface area contributed by atoms with Crippen molar-refractivity contribution in [3.8, 4) is 0 Å². The lowest BCUT2D eigenvalue weighted by Gasteiger charge is -2.15. The number of carboxylic acids is 1. The molecule has 1 aromatic carbocycles. The van der Waals surface area contributed by atoms with Crippen molar-refractivity contribution in [2.24, 2.45) is 11.8 Å². The quantitative estimate of drug-likeness (QED) is 0.888. The van der Waals surface area contributed by atoms with Crippen molar-refractivity contribution >= 4 is 5.97 Å². The van der Waals surface area contributed by atoms with E-state index in [1.165, 1.54) is 11.1 Å². The van der Waals surface area contributed by atoms with Crippen molar-refractivity contribution in [2.45, 2.75) is 26.8 Å². The highest BCUT2D eigenvalue weighted by Crippen LogP contribution is 2.24. The first kappa shape index (κ1) is 13.1. The normalized spacial score (nSPS) is 24.3. The number of likely N-dealkylation sites (tertiary alicyclic amines) is 1. The second-order valence-corrected chi connectivity index (χ2v) is 5.29. The summed E-state index contributed by atoms with van der Waals surface area (Å²) in [5.41, 5.74) is 2.63. The number of rotatable bonds is 4. The highest BCUT2D eigenvalue weighted by atomic mass is 16.4. The first-order chi connectivity index (χ1) is 8.60. The SMILES string of the molecule is CCc1cccc(CN2C[C@@H](C)[C@H](C(=O)O)C2)c1. The number of carbonyl (C=O) groups is 1. The van der Waals surface area contributed by atoms with E-state index in [-0.39, 0.29) is 11.8 Å². The summed E-state index contributed by atoms with van der Waals surface area (Å²) in [6.07, 6.45) is 1.04. The molecule has 2 rings (SSSR count). The Kier molecular flexibility index (Phi) is 4.02. The molecule has 1 aliphatic rings. The van der Waals surface area contributed by atoms with Gasteiger partial charge in [-0.3, -0.25) is 9.69 Å². The fraction of sp³-hybridized carbons (Fsp3) is 0.533. The molecule has 0 bridgehead atoms. The first-order valence-corrected chi connectivity index (χ1v) is 6.63. The van der Waals surface area contributed by atoms with Gasteiger partial charge in [0.25, 0.3) is 0 Å². The Hall–Kier alpha value is -1.35. The predicted molar refractivity (Wildman–Crippen MR) is 71.4 cm³/mol. The summed E-state index contributed by atoms with van der Waals surface area (Å²) in [6, 6.07) is 8.56. The van der Waals surface area contributed by atoms with Gasteiger partial charge in [-0.2, -0.15) is 0 Å². The van der Waals surface area contributed by atoms with Crippen LogP contribution in [0.5, 0.6) is 0 Å². The Morgan fingerprint density at radius 1 is 1.39 bits per heavy atom. The van der Waals surface area contributed by atoms with Gasteiger partial charge in [0.1, 0.15) is 0 Å². The summed E-state index contributed by atoms with van der Waals surface area (Å²) >= 11 is 0. The van der Waals surface area contributed by atoms with Gasteiger partial charge in [-0.25, -0.2) is 0 Å². The second-order valence-electron chi connectivity index (χ2n) is 5.29. The molecule has 0 aromatic heterocycles. The Morgan fingerprint density at radius 2 is 2.11 bits per heavy atom. The predicted octanol–water partition coefficient (Wildman–Crippen LogP) is 2.40. The van der Waals surface area contributed by atoms with Crippen LogP contribution in [0.25, 0.3) is 0 Å². The van der Waals surface area contributed by atoms with Crippen molar-refractivity contribution in [1.29, 1.82) is 0 Å². The molecule has 18 heavy (non-hydrogen) atoms. The Balaban J connectivity index is 2.00. The molecule has 0 unspecified atom stereocenters. The number of nitrogens with zero attached hydrogens (tertiary/aromatic N) is 1. The van der Waals surface area contributed by atoms with Crippen molar-refractivity contribution < 1.29 is 9.90 Å². The smallest absolute Gasteiger partial charge is 0.308 e. The van der Waals surface area contributed by atoms with Gasteiger partial charge in [0.05, 0.1) is 5.92 Å². The molecule has 1 aliphatic heterocycles. The molecule has 0 saturated carbocycles. The van der Waals surface area contributed by atoms with Crippen LogP contribution in [0.4, 0.5) is 0 Å². The number of aryl methyl sites for hydroxylation is 1. The monoisotopic (exact) mass is 247 g/mol. The van der Waals surface area contributed by atoms with Crippen LogP contribution < -0.4 is 0 Å². The average Bonchev–Trinajstić information content (AvgIpc) is 2.70. The molecule has 1 aromatic rings. The zero-order chi connectivity index (χ0) is 13.1. The minimum Gasteiger partial charge on any atom is -0.481 e. The maximum absolute atomic E-state index is 11.1. The van der Waals surface area contributed by atoms with Crippen LogP contribution in [-0.4, -0.2) is 29.1 Å². The van der Waals surface area contributed by atoms with E-state index < -0.39 is 5.97 Å². The standard InChI is InChI=1S/C15H21NO2/c1-3-12-5-4-6-13(7-12)9-16-8-11(2)14(10-16)15(17)18/h4-7,11,14H,3,8-10H2,1-2H3,(H,17,18)/t11-,14-/m1/s1. The molecule has 0 aliphatic carbocycles. The van der Waals surface area contributed by atoms with E-state index in [2.05, 4.69) is 36.1 Å². The van der Waals surface area contributed by atoms with Gasteiger partial charge < -0.3 is 5.11 Å². The van der Waals surface area contributed by atoms with Crippen LogP contribution in [0.2, 0.25) is 0 Å². The molecule has 0 spiro atoms. The lowest BCUT2D eigenvalue weighted by Crippen LogP contribution is -2.23. The molecule has 3 nitrogen and oxygen atoms in total. The summed E-state index contributed by atoms with van der Waals surface area (Å²) in [5, 5.41) is 9.12. The molecule has 98 valence electrons. The largest absolute Gasteiger partial charge is 0.481 e. The molecule has 1 N–H and O–H groups in total. The van der Waals surface area contributed by atoms with E-state index in [0.717, 1.165) is 19.5 Å². The first-order valence-electron chi connectivity index (χ1n) is 6.63. The average molecular weight is 247 g/mol. The Bertz CT molecular complexity index is 430. The highest BCUT2D eigenvalue weighted by Gasteiger charge is 2.34. The maximum Gasteiger partial charge on any atom is 0.308 e. The summed E-state index contributed by atoms with van der Waals surface area (Å²) < 4.78 is 0. The number of carboxylic acid groups (broad SMARTS) is 1. The van der Waals surface area contributed by atoms with Crippen molar-refractivity contribution in [3.63, 3.8) is 0 Å². The van der Waals surface area contributed by atoms with Crippen molar-refractivity contribution in [1.82, 2.24) is 4.90 Å². The van der Waals surface area contributed by atoms with E-state index in [1.54, 1.807) is 0 Å². The Labute approximate surface area is 108 Å². The molecule has 2 atom stereocenters. The molecule has 0 amide bonds.